The SMILES string of the molecule is CC(C)(C)OC(=O)N(C1CC1)C1CCN(c2ncc(Br)c3nccnc23)CC1. The Balaban J connectivity index is 1.49. The summed E-state index contributed by atoms with van der Waals surface area (Å²) in [7, 11) is 0. The summed E-state index contributed by atoms with van der Waals surface area (Å²) in [5.41, 5.74) is 1.16. The molecule has 7 nitrogen and oxygen atoms in total. The maximum Gasteiger partial charge on any atom is 0.410 e. The highest BCUT2D eigenvalue weighted by atomic mass is 79.9. The van der Waals surface area contributed by atoms with Gasteiger partial charge < -0.3 is 14.5 Å². The van der Waals surface area contributed by atoms with E-state index in [0.717, 1.165) is 60.1 Å². The lowest BCUT2D eigenvalue weighted by Crippen LogP contribution is -2.50. The van der Waals surface area contributed by atoms with Crippen molar-refractivity contribution in [3.05, 3.63) is 23.1 Å². The molecule has 0 spiro atoms. The van der Waals surface area contributed by atoms with Crippen LogP contribution in [-0.2, 0) is 4.74 Å². The fourth-order valence-corrected chi connectivity index (χ4v) is 4.16. The molecule has 0 unspecified atom stereocenters. The Morgan fingerprint density at radius 1 is 1.07 bits per heavy atom. The second-order valence-electron chi connectivity index (χ2n) is 8.52. The second kappa shape index (κ2) is 7.46. The van der Waals surface area contributed by atoms with E-state index in [4.69, 9.17) is 4.74 Å². The number of rotatable bonds is 3. The molecule has 1 aliphatic heterocycles. The van der Waals surface area contributed by atoms with E-state index >= 15 is 0 Å². The fraction of sp³-hybridized carbons (Fsp3) is 0.600. The molecule has 8 heteroatoms. The normalized spacial score (nSPS) is 18.4. The third-order valence-electron chi connectivity index (χ3n) is 5.14. The second-order valence-corrected chi connectivity index (χ2v) is 9.37. The molecule has 2 aliphatic rings. The molecule has 4 rings (SSSR count). The van der Waals surface area contributed by atoms with Gasteiger partial charge in [-0.05, 0) is 62.4 Å². The lowest BCUT2D eigenvalue weighted by Gasteiger charge is -2.39. The first-order valence-corrected chi connectivity index (χ1v) is 10.6. The monoisotopic (exact) mass is 447 g/mol. The number of halogens is 1. The first kappa shape index (κ1) is 19.4. The average Bonchev–Trinajstić information content (AvgIpc) is 3.47. The van der Waals surface area contributed by atoms with Gasteiger partial charge in [-0.1, -0.05) is 0 Å². The van der Waals surface area contributed by atoms with E-state index in [1.165, 1.54) is 0 Å². The van der Waals surface area contributed by atoms with E-state index in [2.05, 4.69) is 35.8 Å². The van der Waals surface area contributed by atoms with Crippen molar-refractivity contribution >= 4 is 38.9 Å². The highest BCUT2D eigenvalue weighted by molar-refractivity contribution is 9.10. The van der Waals surface area contributed by atoms with E-state index in [9.17, 15) is 4.79 Å². The number of hydrogen-bond acceptors (Lipinski definition) is 6. The zero-order valence-electron chi connectivity index (χ0n) is 16.6. The van der Waals surface area contributed by atoms with Gasteiger partial charge >= 0.3 is 6.09 Å². The minimum absolute atomic E-state index is 0.175. The number of pyridine rings is 1. The van der Waals surface area contributed by atoms with E-state index in [-0.39, 0.29) is 12.1 Å². The summed E-state index contributed by atoms with van der Waals surface area (Å²) in [6, 6.07) is 0.551. The third kappa shape index (κ3) is 4.06. The summed E-state index contributed by atoms with van der Waals surface area (Å²) in [6.45, 7) is 7.42. The summed E-state index contributed by atoms with van der Waals surface area (Å²) < 4.78 is 6.52. The number of carbonyl (C=O) groups is 1. The van der Waals surface area contributed by atoms with Crippen LogP contribution in [0.3, 0.4) is 0 Å². The Morgan fingerprint density at radius 3 is 2.29 bits per heavy atom. The van der Waals surface area contributed by atoms with Gasteiger partial charge in [0, 0.05) is 43.8 Å². The predicted octanol–water partition coefficient (Wildman–Crippen LogP) is 4.16. The Labute approximate surface area is 173 Å². The molecule has 1 saturated heterocycles. The maximum absolute atomic E-state index is 12.8. The number of piperidine rings is 1. The number of nitrogens with zero attached hydrogens (tertiary/aromatic N) is 5. The van der Waals surface area contributed by atoms with E-state index in [1.54, 1.807) is 18.6 Å². The molecule has 3 heterocycles. The van der Waals surface area contributed by atoms with E-state index in [0.29, 0.717) is 6.04 Å². The maximum atomic E-state index is 12.8. The van der Waals surface area contributed by atoms with Crippen molar-refractivity contribution in [2.24, 2.45) is 0 Å². The van der Waals surface area contributed by atoms with Crippen LogP contribution in [-0.4, -0.2) is 56.7 Å². The first-order chi connectivity index (χ1) is 13.3. The van der Waals surface area contributed by atoms with Crippen molar-refractivity contribution < 1.29 is 9.53 Å². The number of aromatic nitrogens is 3. The van der Waals surface area contributed by atoms with E-state index in [1.807, 2.05) is 25.7 Å². The molecule has 2 fully saturated rings. The predicted molar refractivity (Wildman–Crippen MR) is 111 cm³/mol. The number of ether oxygens (including phenoxy) is 1. The number of amides is 1. The van der Waals surface area contributed by atoms with Gasteiger partial charge in [-0.3, -0.25) is 4.98 Å². The summed E-state index contributed by atoms with van der Waals surface area (Å²) in [4.78, 5) is 30.5. The Morgan fingerprint density at radius 2 is 1.68 bits per heavy atom. The van der Waals surface area contributed by atoms with Gasteiger partial charge in [0.25, 0.3) is 0 Å². The summed E-state index contributed by atoms with van der Waals surface area (Å²) in [5.74, 6) is 0.861. The Hall–Kier alpha value is -1.96. The van der Waals surface area contributed by atoms with Crippen LogP contribution in [0.25, 0.3) is 11.0 Å². The minimum atomic E-state index is -0.468. The molecule has 0 bridgehead atoms. The molecule has 28 heavy (non-hydrogen) atoms. The number of anilines is 1. The van der Waals surface area contributed by atoms with Crippen LogP contribution in [0.5, 0.6) is 0 Å². The Bertz CT molecular complexity index is 873. The van der Waals surface area contributed by atoms with Gasteiger partial charge in [0.2, 0.25) is 0 Å². The zero-order chi connectivity index (χ0) is 19.9. The largest absolute Gasteiger partial charge is 0.444 e. The van der Waals surface area contributed by atoms with Gasteiger partial charge in [0.15, 0.2) is 5.82 Å². The van der Waals surface area contributed by atoms with Crippen molar-refractivity contribution in [1.82, 2.24) is 19.9 Å². The zero-order valence-corrected chi connectivity index (χ0v) is 18.1. The smallest absolute Gasteiger partial charge is 0.410 e. The molecule has 1 aliphatic carbocycles. The summed E-state index contributed by atoms with van der Waals surface area (Å²) in [6.07, 6.45) is 8.95. The van der Waals surface area contributed by atoms with Crippen LogP contribution in [0, 0.1) is 0 Å². The van der Waals surface area contributed by atoms with Crippen molar-refractivity contribution in [2.45, 2.75) is 64.1 Å². The van der Waals surface area contributed by atoms with Crippen molar-refractivity contribution in [3.8, 4) is 0 Å². The molecule has 1 amide bonds. The Kier molecular flexibility index (Phi) is 5.16. The van der Waals surface area contributed by atoms with Gasteiger partial charge in [0.05, 0.1) is 4.47 Å². The van der Waals surface area contributed by atoms with Crippen LogP contribution in [0.2, 0.25) is 0 Å². The fourth-order valence-electron chi connectivity index (χ4n) is 3.77. The lowest BCUT2D eigenvalue weighted by atomic mass is 10.0. The molecular weight excluding hydrogens is 422 g/mol. The average molecular weight is 448 g/mol. The number of carbonyl (C=O) groups excluding carboxylic acids is 1. The van der Waals surface area contributed by atoms with Gasteiger partial charge in [-0.25, -0.2) is 14.8 Å². The molecule has 2 aromatic rings. The van der Waals surface area contributed by atoms with Crippen molar-refractivity contribution in [3.63, 3.8) is 0 Å². The minimum Gasteiger partial charge on any atom is -0.444 e. The van der Waals surface area contributed by atoms with Crippen molar-refractivity contribution in [2.75, 3.05) is 18.0 Å². The van der Waals surface area contributed by atoms with Gasteiger partial charge in [0.1, 0.15) is 16.6 Å². The topological polar surface area (TPSA) is 71.5 Å². The van der Waals surface area contributed by atoms with Gasteiger partial charge in [-0.15, -0.1) is 0 Å². The highest BCUT2D eigenvalue weighted by Crippen LogP contribution is 2.35. The van der Waals surface area contributed by atoms with Crippen molar-refractivity contribution in [1.29, 1.82) is 0 Å². The van der Waals surface area contributed by atoms with Gasteiger partial charge in [-0.2, -0.15) is 0 Å². The van der Waals surface area contributed by atoms with Crippen LogP contribution < -0.4 is 4.90 Å². The molecule has 0 N–H and O–H groups in total. The van der Waals surface area contributed by atoms with Crippen LogP contribution in [0.1, 0.15) is 46.5 Å². The molecule has 2 aromatic heterocycles. The molecule has 0 aromatic carbocycles. The lowest BCUT2D eigenvalue weighted by molar-refractivity contribution is 0.0114. The molecular formula is C20H26BrN5O2. The quantitative estimate of drug-likeness (QED) is 0.703. The highest BCUT2D eigenvalue weighted by Gasteiger charge is 2.41. The van der Waals surface area contributed by atoms with Crippen LogP contribution in [0.15, 0.2) is 23.1 Å². The molecule has 1 saturated carbocycles. The third-order valence-corrected chi connectivity index (χ3v) is 5.72. The molecule has 0 atom stereocenters. The standard InChI is InChI=1S/C20H26BrN5O2/c1-20(2,3)28-19(27)26(13-4-5-13)14-6-10-25(11-7-14)18-17-16(15(21)12-24-18)22-8-9-23-17/h8-9,12-14H,4-7,10-11H2,1-3H3. The van der Waals surface area contributed by atoms with E-state index < -0.39 is 5.60 Å². The summed E-state index contributed by atoms with van der Waals surface area (Å²) in [5, 5.41) is 0. The first-order valence-electron chi connectivity index (χ1n) is 9.85. The summed E-state index contributed by atoms with van der Waals surface area (Å²) >= 11 is 3.50. The molecule has 150 valence electrons. The number of fused-ring (bicyclic) bond motifs is 1. The molecule has 0 radical (unpaired) electrons. The van der Waals surface area contributed by atoms with Crippen LogP contribution >= 0.6 is 15.9 Å². The number of hydrogen-bond donors (Lipinski definition) is 0. The van der Waals surface area contributed by atoms with Crippen LogP contribution in [0.4, 0.5) is 10.6 Å².